The van der Waals surface area contributed by atoms with Crippen LogP contribution in [0.25, 0.3) is 0 Å². The number of amides is 1. The maximum atomic E-state index is 11.7. The van der Waals surface area contributed by atoms with Crippen molar-refractivity contribution in [1.29, 1.82) is 0 Å². The molecule has 3 N–H and O–H groups in total. The fraction of sp³-hybridized carbons (Fsp3) is 0.636. The maximum Gasteiger partial charge on any atom is 0.226 e. The van der Waals surface area contributed by atoms with Gasteiger partial charge in [-0.2, -0.15) is 0 Å². The van der Waals surface area contributed by atoms with E-state index < -0.39 is 0 Å². The fourth-order valence-electron chi connectivity index (χ4n) is 1.65. The Labute approximate surface area is 100 Å². The quantitative estimate of drug-likeness (QED) is 0.801. The molecule has 16 heavy (non-hydrogen) atoms. The molecule has 4 nitrogen and oxygen atoms in total. The second kappa shape index (κ2) is 6.60. The SMILES string of the molecule is CC(C)C[C@H](CN)CC(=O)Nc1nccs1. The number of carbonyl (C=O) groups excluding carboxylic acids is 1. The Bertz CT molecular complexity index is 311. The van der Waals surface area contributed by atoms with E-state index in [-0.39, 0.29) is 11.8 Å². The summed E-state index contributed by atoms with van der Waals surface area (Å²) in [6, 6.07) is 0. The lowest BCUT2D eigenvalue weighted by Crippen LogP contribution is -2.23. The number of carbonyl (C=O) groups is 1. The van der Waals surface area contributed by atoms with E-state index in [1.165, 1.54) is 11.3 Å². The van der Waals surface area contributed by atoms with Gasteiger partial charge in [0.2, 0.25) is 5.91 Å². The van der Waals surface area contributed by atoms with Crippen molar-refractivity contribution in [2.24, 2.45) is 17.6 Å². The van der Waals surface area contributed by atoms with Crippen LogP contribution in [0, 0.1) is 11.8 Å². The van der Waals surface area contributed by atoms with E-state index >= 15 is 0 Å². The van der Waals surface area contributed by atoms with Gasteiger partial charge in [0.05, 0.1) is 0 Å². The third kappa shape index (κ3) is 4.72. The molecule has 0 saturated heterocycles. The molecule has 1 atom stereocenters. The van der Waals surface area contributed by atoms with E-state index in [9.17, 15) is 4.79 Å². The normalized spacial score (nSPS) is 12.8. The molecule has 0 radical (unpaired) electrons. The van der Waals surface area contributed by atoms with Crippen molar-refractivity contribution in [3.63, 3.8) is 0 Å². The van der Waals surface area contributed by atoms with Gasteiger partial charge in [-0.05, 0) is 24.8 Å². The molecule has 1 heterocycles. The number of anilines is 1. The molecule has 1 aromatic heterocycles. The lowest BCUT2D eigenvalue weighted by atomic mass is 9.94. The zero-order valence-electron chi connectivity index (χ0n) is 9.77. The summed E-state index contributed by atoms with van der Waals surface area (Å²) < 4.78 is 0. The van der Waals surface area contributed by atoms with Gasteiger partial charge in [0.15, 0.2) is 5.13 Å². The summed E-state index contributed by atoms with van der Waals surface area (Å²) in [5, 5.41) is 5.27. The Morgan fingerprint density at radius 1 is 1.62 bits per heavy atom. The second-order valence-corrected chi connectivity index (χ2v) is 5.22. The highest BCUT2D eigenvalue weighted by Gasteiger charge is 2.14. The highest BCUT2D eigenvalue weighted by Crippen LogP contribution is 2.16. The first kappa shape index (κ1) is 13.1. The Morgan fingerprint density at radius 3 is 2.88 bits per heavy atom. The Balaban J connectivity index is 2.37. The van der Waals surface area contributed by atoms with Crippen LogP contribution in [0.5, 0.6) is 0 Å². The monoisotopic (exact) mass is 241 g/mol. The first-order chi connectivity index (χ1) is 7.61. The molecule has 90 valence electrons. The average molecular weight is 241 g/mol. The van der Waals surface area contributed by atoms with Crippen molar-refractivity contribution >= 4 is 22.4 Å². The molecule has 0 unspecified atom stereocenters. The molecule has 1 aromatic rings. The third-order valence-corrected chi connectivity index (χ3v) is 2.98. The molecular formula is C11H19N3OS. The summed E-state index contributed by atoms with van der Waals surface area (Å²) in [7, 11) is 0. The fourth-order valence-corrected chi connectivity index (χ4v) is 2.19. The highest BCUT2D eigenvalue weighted by atomic mass is 32.1. The maximum absolute atomic E-state index is 11.7. The van der Waals surface area contributed by atoms with Crippen LogP contribution in [-0.2, 0) is 4.79 Å². The van der Waals surface area contributed by atoms with E-state index in [1.807, 2.05) is 5.38 Å². The lowest BCUT2D eigenvalue weighted by molar-refractivity contribution is -0.117. The van der Waals surface area contributed by atoms with Crippen LogP contribution in [0.4, 0.5) is 5.13 Å². The minimum atomic E-state index is 0.00560. The molecular weight excluding hydrogens is 222 g/mol. The van der Waals surface area contributed by atoms with E-state index in [0.717, 1.165) is 6.42 Å². The average Bonchev–Trinajstić information content (AvgIpc) is 2.68. The van der Waals surface area contributed by atoms with Crippen LogP contribution in [0.3, 0.4) is 0 Å². The first-order valence-corrected chi connectivity index (χ1v) is 6.39. The van der Waals surface area contributed by atoms with E-state index in [2.05, 4.69) is 24.1 Å². The lowest BCUT2D eigenvalue weighted by Gasteiger charge is -2.15. The molecule has 0 aliphatic heterocycles. The number of thiazole rings is 1. The Kier molecular flexibility index (Phi) is 5.42. The first-order valence-electron chi connectivity index (χ1n) is 5.51. The van der Waals surface area contributed by atoms with Gasteiger partial charge >= 0.3 is 0 Å². The standard InChI is InChI=1S/C11H19N3OS/c1-8(2)5-9(7-12)6-10(15)14-11-13-3-4-16-11/h3-4,8-9H,5-7,12H2,1-2H3,(H,13,14,15)/t9-/m0/s1. The molecule has 0 spiro atoms. The molecule has 0 bridgehead atoms. The number of rotatable bonds is 6. The van der Waals surface area contributed by atoms with Crippen LogP contribution in [0.1, 0.15) is 26.7 Å². The summed E-state index contributed by atoms with van der Waals surface area (Å²) in [6.07, 6.45) is 3.14. The topological polar surface area (TPSA) is 68.0 Å². The predicted octanol–water partition coefficient (Wildman–Crippen LogP) is 2.09. The number of nitrogens with zero attached hydrogens (tertiary/aromatic N) is 1. The molecule has 0 aliphatic rings. The molecule has 0 aromatic carbocycles. The summed E-state index contributed by atoms with van der Waals surface area (Å²) >= 11 is 1.43. The van der Waals surface area contributed by atoms with Gasteiger partial charge in [0.25, 0.3) is 0 Å². The molecule has 5 heteroatoms. The van der Waals surface area contributed by atoms with Crippen LogP contribution < -0.4 is 11.1 Å². The van der Waals surface area contributed by atoms with Gasteiger partial charge in [-0.3, -0.25) is 4.79 Å². The predicted molar refractivity (Wildman–Crippen MR) is 67.4 cm³/mol. The smallest absolute Gasteiger partial charge is 0.226 e. The summed E-state index contributed by atoms with van der Waals surface area (Å²) in [4.78, 5) is 15.7. The molecule has 1 amide bonds. The summed E-state index contributed by atoms with van der Waals surface area (Å²) in [5.41, 5.74) is 5.65. The number of nitrogens with one attached hydrogen (secondary N) is 1. The van der Waals surface area contributed by atoms with Crippen LogP contribution in [0.2, 0.25) is 0 Å². The van der Waals surface area contributed by atoms with Gasteiger partial charge < -0.3 is 11.1 Å². The van der Waals surface area contributed by atoms with Crippen LogP contribution in [-0.4, -0.2) is 17.4 Å². The Morgan fingerprint density at radius 2 is 2.38 bits per heavy atom. The molecule has 0 saturated carbocycles. The highest BCUT2D eigenvalue weighted by molar-refractivity contribution is 7.13. The van der Waals surface area contributed by atoms with Crippen molar-refractivity contribution < 1.29 is 4.79 Å². The summed E-state index contributed by atoms with van der Waals surface area (Å²) in [6.45, 7) is 4.84. The minimum Gasteiger partial charge on any atom is -0.330 e. The van der Waals surface area contributed by atoms with Gasteiger partial charge in [-0.25, -0.2) is 4.98 Å². The van der Waals surface area contributed by atoms with E-state index in [1.54, 1.807) is 6.20 Å². The second-order valence-electron chi connectivity index (χ2n) is 4.32. The largest absolute Gasteiger partial charge is 0.330 e. The number of hydrogen-bond acceptors (Lipinski definition) is 4. The summed E-state index contributed by atoms with van der Waals surface area (Å²) in [5.74, 6) is 0.840. The zero-order chi connectivity index (χ0) is 12.0. The number of aromatic nitrogens is 1. The van der Waals surface area contributed by atoms with Crippen molar-refractivity contribution in [2.75, 3.05) is 11.9 Å². The molecule has 1 rings (SSSR count). The number of nitrogens with two attached hydrogens (primary N) is 1. The van der Waals surface area contributed by atoms with Crippen molar-refractivity contribution in [3.8, 4) is 0 Å². The van der Waals surface area contributed by atoms with E-state index in [0.29, 0.717) is 24.0 Å². The van der Waals surface area contributed by atoms with Crippen LogP contribution >= 0.6 is 11.3 Å². The third-order valence-electron chi connectivity index (χ3n) is 2.29. The van der Waals surface area contributed by atoms with Crippen molar-refractivity contribution in [1.82, 2.24) is 4.98 Å². The van der Waals surface area contributed by atoms with Crippen molar-refractivity contribution in [2.45, 2.75) is 26.7 Å². The molecule has 0 aliphatic carbocycles. The van der Waals surface area contributed by atoms with Gasteiger partial charge in [0, 0.05) is 18.0 Å². The van der Waals surface area contributed by atoms with Gasteiger partial charge in [-0.15, -0.1) is 11.3 Å². The van der Waals surface area contributed by atoms with E-state index in [4.69, 9.17) is 5.73 Å². The van der Waals surface area contributed by atoms with Gasteiger partial charge in [0.1, 0.15) is 0 Å². The zero-order valence-corrected chi connectivity index (χ0v) is 10.6. The minimum absolute atomic E-state index is 0.00560. The van der Waals surface area contributed by atoms with Crippen molar-refractivity contribution in [3.05, 3.63) is 11.6 Å². The number of hydrogen-bond donors (Lipinski definition) is 2. The van der Waals surface area contributed by atoms with Crippen LogP contribution in [0.15, 0.2) is 11.6 Å². The molecule has 0 fully saturated rings. The van der Waals surface area contributed by atoms with Gasteiger partial charge in [-0.1, -0.05) is 13.8 Å². The Hall–Kier alpha value is -0.940.